The van der Waals surface area contributed by atoms with Crippen molar-refractivity contribution in [3.8, 4) is 0 Å². The Balaban J connectivity index is 2.23. The van der Waals surface area contributed by atoms with Gasteiger partial charge in [-0.05, 0) is 18.4 Å². The molecule has 1 aliphatic rings. The Morgan fingerprint density at radius 3 is 2.62 bits per heavy atom. The summed E-state index contributed by atoms with van der Waals surface area (Å²) in [5.41, 5.74) is 2.56. The third kappa shape index (κ3) is 1.48. The fraction of sp³-hybridized carbons (Fsp3) is 0.700. The number of hydrogen-bond donors (Lipinski definition) is 1. The van der Waals surface area contributed by atoms with Crippen LogP contribution in [0.1, 0.15) is 37.1 Å². The number of aromatic nitrogens is 2. The van der Waals surface area contributed by atoms with Gasteiger partial charge in [0, 0.05) is 19.3 Å². The van der Waals surface area contributed by atoms with Crippen LogP contribution in [0.15, 0.2) is 6.20 Å². The average molecular weight is 179 g/mol. The van der Waals surface area contributed by atoms with Crippen LogP contribution in [-0.2, 0) is 0 Å². The van der Waals surface area contributed by atoms with Gasteiger partial charge >= 0.3 is 0 Å². The molecule has 2 heterocycles. The molecule has 1 aliphatic heterocycles. The standard InChI is InChI=1S/C10H17N3/c1-7(2)10-8(3)6-13(12-10)9-4-11-5-9/h6-7,9,11H,4-5H2,1-3H3. The minimum Gasteiger partial charge on any atom is -0.312 e. The fourth-order valence-corrected chi connectivity index (χ4v) is 1.72. The highest BCUT2D eigenvalue weighted by atomic mass is 15.3. The molecule has 3 heteroatoms. The van der Waals surface area contributed by atoms with Crippen LogP contribution < -0.4 is 5.32 Å². The number of rotatable bonds is 2. The Morgan fingerprint density at radius 1 is 1.54 bits per heavy atom. The first kappa shape index (κ1) is 8.75. The second-order valence-electron chi connectivity index (χ2n) is 4.14. The monoisotopic (exact) mass is 179 g/mol. The highest BCUT2D eigenvalue weighted by molar-refractivity contribution is 5.18. The maximum atomic E-state index is 4.61. The number of nitrogens with zero attached hydrogens (tertiary/aromatic N) is 2. The van der Waals surface area contributed by atoms with Crippen molar-refractivity contribution < 1.29 is 0 Å². The van der Waals surface area contributed by atoms with Crippen LogP contribution in [-0.4, -0.2) is 22.9 Å². The maximum absolute atomic E-state index is 4.61. The van der Waals surface area contributed by atoms with Crippen LogP contribution in [0.4, 0.5) is 0 Å². The van der Waals surface area contributed by atoms with E-state index in [-0.39, 0.29) is 0 Å². The van der Waals surface area contributed by atoms with Crippen LogP contribution >= 0.6 is 0 Å². The van der Waals surface area contributed by atoms with Gasteiger partial charge in [-0.15, -0.1) is 0 Å². The van der Waals surface area contributed by atoms with Gasteiger partial charge in [0.15, 0.2) is 0 Å². The summed E-state index contributed by atoms with van der Waals surface area (Å²) < 4.78 is 2.11. The third-order valence-corrected chi connectivity index (χ3v) is 2.63. The summed E-state index contributed by atoms with van der Waals surface area (Å²) in [4.78, 5) is 0. The van der Waals surface area contributed by atoms with E-state index in [0.717, 1.165) is 13.1 Å². The summed E-state index contributed by atoms with van der Waals surface area (Å²) in [6.45, 7) is 8.67. The Morgan fingerprint density at radius 2 is 2.23 bits per heavy atom. The zero-order chi connectivity index (χ0) is 9.42. The number of nitrogens with one attached hydrogen (secondary N) is 1. The third-order valence-electron chi connectivity index (χ3n) is 2.63. The summed E-state index contributed by atoms with van der Waals surface area (Å²) in [6, 6.07) is 0.589. The molecule has 0 atom stereocenters. The van der Waals surface area contributed by atoms with Crippen LogP contribution in [0.5, 0.6) is 0 Å². The second kappa shape index (κ2) is 3.14. The average Bonchev–Trinajstić information content (AvgIpc) is 2.27. The lowest BCUT2D eigenvalue weighted by molar-refractivity contribution is 0.316. The first-order valence-corrected chi connectivity index (χ1v) is 4.95. The van der Waals surface area contributed by atoms with Crippen molar-refractivity contribution in [2.45, 2.75) is 32.7 Å². The van der Waals surface area contributed by atoms with Gasteiger partial charge in [-0.2, -0.15) is 5.10 Å². The molecule has 2 rings (SSSR count). The van der Waals surface area contributed by atoms with Gasteiger partial charge in [-0.3, -0.25) is 4.68 Å². The molecule has 1 fully saturated rings. The molecule has 1 saturated heterocycles. The molecular formula is C10H17N3. The van der Waals surface area contributed by atoms with Gasteiger partial charge < -0.3 is 5.32 Å². The van der Waals surface area contributed by atoms with E-state index in [1.807, 2.05) is 0 Å². The van der Waals surface area contributed by atoms with Gasteiger partial charge in [0.1, 0.15) is 0 Å². The summed E-state index contributed by atoms with van der Waals surface area (Å²) in [5, 5.41) is 7.86. The molecule has 13 heavy (non-hydrogen) atoms. The molecule has 0 saturated carbocycles. The van der Waals surface area contributed by atoms with E-state index in [1.54, 1.807) is 0 Å². The van der Waals surface area contributed by atoms with Crippen molar-refractivity contribution in [3.05, 3.63) is 17.5 Å². The Hall–Kier alpha value is -0.830. The van der Waals surface area contributed by atoms with Gasteiger partial charge in [0.05, 0.1) is 11.7 Å². The van der Waals surface area contributed by atoms with Gasteiger partial charge in [0.25, 0.3) is 0 Å². The SMILES string of the molecule is Cc1cn(C2CNC2)nc1C(C)C. The van der Waals surface area contributed by atoms with Crippen LogP contribution in [0.3, 0.4) is 0 Å². The molecule has 1 aromatic heterocycles. The first-order valence-electron chi connectivity index (χ1n) is 4.95. The molecule has 0 unspecified atom stereocenters. The lowest BCUT2D eigenvalue weighted by Crippen LogP contribution is -2.43. The maximum Gasteiger partial charge on any atom is 0.0767 e. The minimum absolute atomic E-state index is 0.536. The number of hydrogen-bond acceptors (Lipinski definition) is 2. The zero-order valence-corrected chi connectivity index (χ0v) is 8.54. The Bertz CT molecular complexity index is 297. The molecule has 0 bridgehead atoms. The molecule has 72 valence electrons. The van der Waals surface area contributed by atoms with Crippen molar-refractivity contribution in [1.29, 1.82) is 0 Å². The van der Waals surface area contributed by atoms with Crippen LogP contribution in [0.2, 0.25) is 0 Å². The predicted octanol–water partition coefficient (Wildman–Crippen LogP) is 1.46. The minimum atomic E-state index is 0.536. The van der Waals surface area contributed by atoms with Crippen molar-refractivity contribution in [2.75, 3.05) is 13.1 Å². The van der Waals surface area contributed by atoms with E-state index >= 15 is 0 Å². The fourth-order valence-electron chi connectivity index (χ4n) is 1.72. The molecule has 0 aromatic carbocycles. The topological polar surface area (TPSA) is 29.9 Å². The van der Waals surface area contributed by atoms with Gasteiger partial charge in [-0.1, -0.05) is 13.8 Å². The zero-order valence-electron chi connectivity index (χ0n) is 8.54. The molecule has 1 aromatic rings. The molecule has 0 amide bonds. The summed E-state index contributed by atoms with van der Waals surface area (Å²) in [7, 11) is 0. The molecule has 1 N–H and O–H groups in total. The number of aryl methyl sites for hydroxylation is 1. The second-order valence-corrected chi connectivity index (χ2v) is 4.14. The predicted molar refractivity (Wildman–Crippen MR) is 53.0 cm³/mol. The Kier molecular flexibility index (Phi) is 2.12. The van der Waals surface area contributed by atoms with Crippen LogP contribution in [0.25, 0.3) is 0 Å². The van der Waals surface area contributed by atoms with Crippen molar-refractivity contribution in [3.63, 3.8) is 0 Å². The lowest BCUT2D eigenvalue weighted by Gasteiger charge is -2.27. The quantitative estimate of drug-likeness (QED) is 0.745. The van der Waals surface area contributed by atoms with E-state index in [2.05, 4.69) is 42.1 Å². The highest BCUT2D eigenvalue weighted by Gasteiger charge is 2.20. The van der Waals surface area contributed by atoms with Gasteiger partial charge in [-0.25, -0.2) is 0 Å². The molecule has 0 radical (unpaired) electrons. The molecule has 0 spiro atoms. The summed E-state index contributed by atoms with van der Waals surface area (Å²) in [5.74, 6) is 0.536. The van der Waals surface area contributed by atoms with Crippen molar-refractivity contribution in [1.82, 2.24) is 15.1 Å². The van der Waals surface area contributed by atoms with E-state index in [0.29, 0.717) is 12.0 Å². The van der Waals surface area contributed by atoms with Crippen LogP contribution in [0, 0.1) is 6.92 Å². The smallest absolute Gasteiger partial charge is 0.0767 e. The van der Waals surface area contributed by atoms with E-state index in [4.69, 9.17) is 0 Å². The lowest BCUT2D eigenvalue weighted by atomic mass is 10.1. The Labute approximate surface area is 79.1 Å². The molecule has 3 nitrogen and oxygen atoms in total. The van der Waals surface area contributed by atoms with Gasteiger partial charge in [0.2, 0.25) is 0 Å². The normalized spacial score (nSPS) is 17.8. The van der Waals surface area contributed by atoms with E-state index in [9.17, 15) is 0 Å². The highest BCUT2D eigenvalue weighted by Crippen LogP contribution is 2.19. The molecular weight excluding hydrogens is 162 g/mol. The van der Waals surface area contributed by atoms with Crippen molar-refractivity contribution >= 4 is 0 Å². The van der Waals surface area contributed by atoms with Crippen molar-refractivity contribution in [2.24, 2.45) is 0 Å². The summed E-state index contributed by atoms with van der Waals surface area (Å²) >= 11 is 0. The summed E-state index contributed by atoms with van der Waals surface area (Å²) in [6.07, 6.45) is 2.17. The first-order chi connectivity index (χ1) is 6.18. The molecule has 0 aliphatic carbocycles. The van der Waals surface area contributed by atoms with E-state index in [1.165, 1.54) is 11.3 Å². The van der Waals surface area contributed by atoms with E-state index < -0.39 is 0 Å². The largest absolute Gasteiger partial charge is 0.312 e.